The number of hydrogen-bond acceptors (Lipinski definition) is 6. The highest BCUT2D eigenvalue weighted by atomic mass is 32.2. The number of benzene rings is 1. The summed E-state index contributed by atoms with van der Waals surface area (Å²) in [6.45, 7) is 0. The van der Waals surface area contributed by atoms with Crippen LogP contribution in [0.25, 0.3) is 0 Å². The first-order chi connectivity index (χ1) is 14.4. The molecule has 0 spiro atoms. The smallest absolute Gasteiger partial charge is 0.229 e. The molecular weight excluding hydrogens is 424 g/mol. The lowest BCUT2D eigenvalue weighted by atomic mass is 10.0. The highest BCUT2D eigenvalue weighted by Crippen LogP contribution is 2.43. The summed E-state index contributed by atoms with van der Waals surface area (Å²) in [7, 11) is -2.02. The third-order valence-corrected chi connectivity index (χ3v) is 5.59. The van der Waals surface area contributed by atoms with Gasteiger partial charge in [0.05, 0.1) is 37.1 Å². The van der Waals surface area contributed by atoms with Gasteiger partial charge in [0.15, 0.2) is 5.11 Å². The lowest BCUT2D eigenvalue weighted by molar-refractivity contribution is 0.416. The number of hydrogen-bond donors (Lipinski definition) is 2. The second kappa shape index (κ2) is 7.96. The highest BCUT2D eigenvalue weighted by Gasteiger charge is 2.42. The first kappa shape index (κ1) is 20.2. The number of rotatable bonds is 6. The molecule has 2 N–H and O–H groups in total. The second-order valence-electron chi connectivity index (χ2n) is 6.77. The Bertz CT molecular complexity index is 1150. The number of furan rings is 1. The van der Waals surface area contributed by atoms with E-state index in [1.807, 2.05) is 41.3 Å². The molecule has 1 saturated heterocycles. The largest absolute Gasteiger partial charge is 0.495 e. The van der Waals surface area contributed by atoms with E-state index in [2.05, 4.69) is 15.0 Å². The van der Waals surface area contributed by atoms with Gasteiger partial charge in [-0.15, -0.1) is 0 Å². The summed E-state index contributed by atoms with van der Waals surface area (Å²) in [5.41, 5.74) is 1.81. The van der Waals surface area contributed by atoms with Gasteiger partial charge in [0.2, 0.25) is 10.0 Å². The van der Waals surface area contributed by atoms with Gasteiger partial charge in [-0.05, 0) is 54.7 Å². The van der Waals surface area contributed by atoms with E-state index in [0.717, 1.165) is 11.9 Å². The summed E-state index contributed by atoms with van der Waals surface area (Å²) in [6, 6.07) is 14.0. The van der Waals surface area contributed by atoms with E-state index in [0.29, 0.717) is 28.0 Å². The lowest BCUT2D eigenvalue weighted by Gasteiger charge is -2.26. The molecule has 0 saturated carbocycles. The average molecular weight is 445 g/mol. The summed E-state index contributed by atoms with van der Waals surface area (Å²) < 4.78 is 37.1. The molecule has 0 aliphatic carbocycles. The molecule has 0 amide bonds. The van der Waals surface area contributed by atoms with Gasteiger partial charge in [-0.25, -0.2) is 8.42 Å². The van der Waals surface area contributed by atoms with Crippen LogP contribution in [0.1, 0.15) is 23.5 Å². The SMILES string of the molecule is COc1ccc(N2C(=S)N[C@@H](c3ccccn3)[C@@H]2c2ccco2)cc1NS(C)(=O)=O. The topological polar surface area (TPSA) is 96.7 Å². The molecule has 3 aromatic rings. The predicted molar refractivity (Wildman–Crippen MR) is 118 cm³/mol. The summed E-state index contributed by atoms with van der Waals surface area (Å²) in [6.07, 6.45) is 4.42. The van der Waals surface area contributed by atoms with Crippen molar-refractivity contribution >= 4 is 38.7 Å². The van der Waals surface area contributed by atoms with Crippen LogP contribution in [0.15, 0.2) is 65.4 Å². The minimum atomic E-state index is -3.50. The van der Waals surface area contributed by atoms with Crippen molar-refractivity contribution in [2.75, 3.05) is 23.0 Å². The first-order valence-electron chi connectivity index (χ1n) is 9.07. The Labute approximate surface area is 179 Å². The zero-order valence-electron chi connectivity index (χ0n) is 16.3. The molecule has 1 aliphatic rings. The molecule has 0 bridgehead atoms. The Hall–Kier alpha value is -3.11. The number of aromatic nitrogens is 1. The minimum Gasteiger partial charge on any atom is -0.495 e. The number of nitrogens with zero attached hydrogens (tertiary/aromatic N) is 2. The molecule has 1 fully saturated rings. The zero-order chi connectivity index (χ0) is 21.3. The molecule has 2 aromatic heterocycles. The van der Waals surface area contributed by atoms with Crippen LogP contribution < -0.4 is 19.7 Å². The molecule has 10 heteroatoms. The van der Waals surface area contributed by atoms with E-state index in [1.165, 1.54) is 7.11 Å². The number of pyridine rings is 1. The van der Waals surface area contributed by atoms with Crippen molar-refractivity contribution in [1.82, 2.24) is 10.3 Å². The van der Waals surface area contributed by atoms with Crippen LogP contribution >= 0.6 is 12.2 Å². The van der Waals surface area contributed by atoms with Crippen molar-refractivity contribution in [3.63, 3.8) is 0 Å². The minimum absolute atomic E-state index is 0.252. The quantitative estimate of drug-likeness (QED) is 0.560. The van der Waals surface area contributed by atoms with Crippen LogP contribution in [-0.2, 0) is 10.0 Å². The fraction of sp³-hybridized carbons (Fsp3) is 0.200. The Kier molecular flexibility index (Phi) is 5.35. The Balaban J connectivity index is 1.80. The fourth-order valence-corrected chi connectivity index (χ4v) is 4.41. The van der Waals surface area contributed by atoms with Crippen molar-refractivity contribution in [2.24, 2.45) is 0 Å². The van der Waals surface area contributed by atoms with Crippen molar-refractivity contribution in [1.29, 1.82) is 0 Å². The molecule has 2 atom stereocenters. The first-order valence-corrected chi connectivity index (χ1v) is 11.4. The van der Waals surface area contributed by atoms with E-state index >= 15 is 0 Å². The molecule has 1 aromatic carbocycles. The van der Waals surface area contributed by atoms with Crippen molar-refractivity contribution in [3.8, 4) is 5.75 Å². The van der Waals surface area contributed by atoms with Crippen LogP contribution in [0, 0.1) is 0 Å². The van der Waals surface area contributed by atoms with Crippen LogP contribution in [0.2, 0.25) is 0 Å². The van der Waals surface area contributed by atoms with Gasteiger partial charge in [0, 0.05) is 11.9 Å². The van der Waals surface area contributed by atoms with E-state index in [9.17, 15) is 8.42 Å². The summed E-state index contributed by atoms with van der Waals surface area (Å²) in [4.78, 5) is 6.36. The zero-order valence-corrected chi connectivity index (χ0v) is 17.9. The number of thiocarbonyl (C=S) groups is 1. The lowest BCUT2D eigenvalue weighted by Crippen LogP contribution is -2.29. The molecule has 30 heavy (non-hydrogen) atoms. The van der Waals surface area contributed by atoms with E-state index in [4.69, 9.17) is 21.4 Å². The second-order valence-corrected chi connectivity index (χ2v) is 8.91. The van der Waals surface area contributed by atoms with Gasteiger partial charge in [-0.1, -0.05) is 6.07 Å². The molecule has 156 valence electrons. The van der Waals surface area contributed by atoms with Crippen LogP contribution in [0.3, 0.4) is 0 Å². The van der Waals surface area contributed by atoms with E-state index in [1.54, 1.807) is 24.6 Å². The van der Waals surface area contributed by atoms with Crippen LogP contribution in [0.4, 0.5) is 11.4 Å². The molecule has 0 unspecified atom stereocenters. The van der Waals surface area contributed by atoms with Gasteiger partial charge in [-0.2, -0.15) is 0 Å². The molecule has 4 rings (SSSR count). The number of ether oxygens (including phenoxy) is 1. The predicted octanol–water partition coefficient (Wildman–Crippen LogP) is 3.23. The van der Waals surface area contributed by atoms with Crippen molar-refractivity contribution in [2.45, 2.75) is 12.1 Å². The molecule has 0 radical (unpaired) electrons. The number of nitrogens with one attached hydrogen (secondary N) is 2. The number of sulfonamides is 1. The monoisotopic (exact) mass is 444 g/mol. The highest BCUT2D eigenvalue weighted by molar-refractivity contribution is 7.92. The Morgan fingerprint density at radius 1 is 1.23 bits per heavy atom. The Morgan fingerprint density at radius 2 is 2.07 bits per heavy atom. The van der Waals surface area contributed by atoms with Crippen LogP contribution in [0.5, 0.6) is 5.75 Å². The molecule has 3 heterocycles. The van der Waals surface area contributed by atoms with Crippen molar-refractivity contribution < 1.29 is 17.6 Å². The van der Waals surface area contributed by atoms with Crippen LogP contribution in [-0.4, -0.2) is 31.9 Å². The Morgan fingerprint density at radius 3 is 2.70 bits per heavy atom. The fourth-order valence-electron chi connectivity index (χ4n) is 3.51. The third kappa shape index (κ3) is 3.96. The summed E-state index contributed by atoms with van der Waals surface area (Å²) in [5.74, 6) is 1.10. The normalized spacial score (nSPS) is 18.9. The van der Waals surface area contributed by atoms with Gasteiger partial charge in [-0.3, -0.25) is 9.71 Å². The van der Waals surface area contributed by atoms with Gasteiger partial charge < -0.3 is 19.4 Å². The van der Waals surface area contributed by atoms with Gasteiger partial charge >= 0.3 is 0 Å². The number of methoxy groups -OCH3 is 1. The molecule has 8 nitrogen and oxygen atoms in total. The van der Waals surface area contributed by atoms with E-state index < -0.39 is 10.0 Å². The summed E-state index contributed by atoms with van der Waals surface area (Å²) in [5, 5.41) is 3.79. The maximum absolute atomic E-state index is 11.8. The standard InChI is InChI=1S/C20H20N4O4S2/c1-27-16-9-8-13(12-15(16)23-30(2,25)26)24-19(17-7-5-11-28-17)18(22-20(24)29)14-6-3-4-10-21-14/h3-12,18-19,23H,1-2H3,(H,22,29)/t18-,19-/m0/s1. The van der Waals surface area contributed by atoms with E-state index in [-0.39, 0.29) is 12.1 Å². The third-order valence-electron chi connectivity index (χ3n) is 4.69. The molecule has 1 aliphatic heterocycles. The van der Waals surface area contributed by atoms with Gasteiger partial charge in [0.1, 0.15) is 17.6 Å². The van der Waals surface area contributed by atoms with Gasteiger partial charge in [0.25, 0.3) is 0 Å². The molecular formula is C20H20N4O4S2. The number of anilines is 2. The summed E-state index contributed by atoms with van der Waals surface area (Å²) >= 11 is 5.64. The average Bonchev–Trinajstić information content (AvgIpc) is 3.35. The maximum atomic E-state index is 11.8. The maximum Gasteiger partial charge on any atom is 0.229 e. The van der Waals surface area contributed by atoms with Crippen molar-refractivity contribution in [3.05, 3.63) is 72.4 Å².